The van der Waals surface area contributed by atoms with Gasteiger partial charge in [-0.2, -0.15) is 5.10 Å². The predicted molar refractivity (Wildman–Crippen MR) is 66.2 cm³/mol. The van der Waals surface area contributed by atoms with Gasteiger partial charge in [0.1, 0.15) is 5.54 Å². The summed E-state index contributed by atoms with van der Waals surface area (Å²) in [5, 5.41) is 15.6. The van der Waals surface area contributed by atoms with Crippen LogP contribution in [0.2, 0.25) is 0 Å². The van der Waals surface area contributed by atoms with E-state index in [-0.39, 0.29) is 12.3 Å². The minimum absolute atomic E-state index is 0.141. The molecule has 0 aromatic carbocycles. The van der Waals surface area contributed by atoms with Crippen LogP contribution in [-0.4, -0.2) is 32.3 Å². The zero-order chi connectivity index (χ0) is 14.1. The Morgan fingerprint density at radius 2 is 1.94 bits per heavy atom. The van der Waals surface area contributed by atoms with E-state index in [9.17, 15) is 9.59 Å². The highest BCUT2D eigenvalue weighted by Gasteiger charge is 2.29. The number of nitrogens with one attached hydrogen (secondary N) is 1. The SMILES string of the molecule is Cc1nn(C)c(C)c1CC(=O)NC(C)(C)C(=O)O. The number of rotatable bonds is 4. The molecule has 0 fully saturated rings. The number of carbonyl (C=O) groups excluding carboxylic acids is 1. The number of aromatic nitrogens is 2. The molecule has 1 aromatic rings. The van der Waals surface area contributed by atoms with Crippen LogP contribution in [0.3, 0.4) is 0 Å². The molecule has 18 heavy (non-hydrogen) atoms. The first kappa shape index (κ1) is 14.2. The molecule has 0 atom stereocenters. The molecule has 0 radical (unpaired) electrons. The Balaban J connectivity index is 2.80. The third kappa shape index (κ3) is 2.88. The molecule has 0 aliphatic rings. The van der Waals surface area contributed by atoms with Crippen LogP contribution in [0.4, 0.5) is 0 Å². The molecule has 1 amide bonds. The molecule has 0 aliphatic carbocycles. The summed E-state index contributed by atoms with van der Waals surface area (Å²) < 4.78 is 1.71. The van der Waals surface area contributed by atoms with Crippen LogP contribution in [0.25, 0.3) is 0 Å². The van der Waals surface area contributed by atoms with Gasteiger partial charge in [0.2, 0.25) is 5.91 Å². The lowest BCUT2D eigenvalue weighted by molar-refractivity contribution is -0.145. The van der Waals surface area contributed by atoms with Gasteiger partial charge in [-0.1, -0.05) is 0 Å². The maximum absolute atomic E-state index is 11.8. The molecule has 6 heteroatoms. The monoisotopic (exact) mass is 253 g/mol. The maximum Gasteiger partial charge on any atom is 0.328 e. The summed E-state index contributed by atoms with van der Waals surface area (Å²) >= 11 is 0. The van der Waals surface area contributed by atoms with Crippen LogP contribution < -0.4 is 5.32 Å². The van der Waals surface area contributed by atoms with Crippen molar-refractivity contribution >= 4 is 11.9 Å². The maximum atomic E-state index is 11.8. The topological polar surface area (TPSA) is 84.2 Å². The molecule has 0 unspecified atom stereocenters. The molecule has 6 nitrogen and oxygen atoms in total. The normalized spacial score (nSPS) is 11.4. The van der Waals surface area contributed by atoms with E-state index in [0.717, 1.165) is 17.0 Å². The average molecular weight is 253 g/mol. The van der Waals surface area contributed by atoms with Crippen molar-refractivity contribution in [3.8, 4) is 0 Å². The van der Waals surface area contributed by atoms with E-state index in [1.54, 1.807) is 4.68 Å². The lowest BCUT2D eigenvalue weighted by Crippen LogP contribution is -2.50. The molecule has 100 valence electrons. The fraction of sp³-hybridized carbons (Fsp3) is 0.583. The van der Waals surface area contributed by atoms with E-state index in [4.69, 9.17) is 5.11 Å². The molecule has 1 aromatic heterocycles. The predicted octanol–water partition coefficient (Wildman–Crippen LogP) is 0.559. The van der Waals surface area contributed by atoms with E-state index in [1.165, 1.54) is 13.8 Å². The van der Waals surface area contributed by atoms with Crippen molar-refractivity contribution in [3.05, 3.63) is 17.0 Å². The van der Waals surface area contributed by atoms with Gasteiger partial charge in [-0.3, -0.25) is 9.48 Å². The first-order chi connectivity index (χ1) is 8.15. The van der Waals surface area contributed by atoms with Gasteiger partial charge in [0.05, 0.1) is 12.1 Å². The number of carboxylic acid groups (broad SMARTS) is 1. The molecule has 0 bridgehead atoms. The van der Waals surface area contributed by atoms with Gasteiger partial charge in [0.15, 0.2) is 0 Å². The molecule has 0 saturated carbocycles. The number of aliphatic carboxylic acids is 1. The molecular weight excluding hydrogens is 234 g/mol. The summed E-state index contributed by atoms with van der Waals surface area (Å²) in [7, 11) is 1.81. The Bertz CT molecular complexity index is 489. The van der Waals surface area contributed by atoms with E-state index < -0.39 is 11.5 Å². The van der Waals surface area contributed by atoms with Crippen molar-refractivity contribution in [2.45, 2.75) is 39.7 Å². The van der Waals surface area contributed by atoms with Crippen molar-refractivity contribution in [2.75, 3.05) is 0 Å². The van der Waals surface area contributed by atoms with Crippen LogP contribution in [0.15, 0.2) is 0 Å². The highest BCUT2D eigenvalue weighted by Crippen LogP contribution is 2.13. The van der Waals surface area contributed by atoms with Gasteiger partial charge in [-0.05, 0) is 27.7 Å². The van der Waals surface area contributed by atoms with E-state index in [2.05, 4.69) is 10.4 Å². The van der Waals surface area contributed by atoms with Crippen molar-refractivity contribution in [1.29, 1.82) is 0 Å². The minimum Gasteiger partial charge on any atom is -0.480 e. The zero-order valence-corrected chi connectivity index (χ0v) is 11.4. The second-order valence-electron chi connectivity index (χ2n) is 4.93. The second kappa shape index (κ2) is 4.80. The summed E-state index contributed by atoms with van der Waals surface area (Å²) in [5.41, 5.74) is 1.28. The number of aryl methyl sites for hydroxylation is 2. The first-order valence-electron chi connectivity index (χ1n) is 5.68. The molecule has 1 rings (SSSR count). The van der Waals surface area contributed by atoms with Crippen LogP contribution in [0.1, 0.15) is 30.8 Å². The first-order valence-corrected chi connectivity index (χ1v) is 5.68. The molecule has 0 saturated heterocycles. The quantitative estimate of drug-likeness (QED) is 0.821. The van der Waals surface area contributed by atoms with E-state index >= 15 is 0 Å². The fourth-order valence-corrected chi connectivity index (χ4v) is 1.68. The van der Waals surface area contributed by atoms with Crippen molar-refractivity contribution in [3.63, 3.8) is 0 Å². The van der Waals surface area contributed by atoms with E-state index in [0.29, 0.717) is 0 Å². The largest absolute Gasteiger partial charge is 0.480 e. The van der Waals surface area contributed by atoms with E-state index in [1.807, 2.05) is 20.9 Å². The summed E-state index contributed by atoms with van der Waals surface area (Å²) in [6.07, 6.45) is 0.141. The van der Waals surface area contributed by atoms with Gasteiger partial charge >= 0.3 is 5.97 Å². The standard InChI is InChI=1S/C12H19N3O3/c1-7-9(8(2)15(5)14-7)6-10(16)13-12(3,4)11(17)18/h6H2,1-5H3,(H,13,16)(H,17,18). The number of amides is 1. The van der Waals surface area contributed by atoms with Gasteiger partial charge < -0.3 is 10.4 Å². The van der Waals surface area contributed by atoms with Crippen LogP contribution in [0.5, 0.6) is 0 Å². The number of carboxylic acids is 1. The lowest BCUT2D eigenvalue weighted by atomic mass is 10.0. The number of hydrogen-bond acceptors (Lipinski definition) is 3. The Morgan fingerprint density at radius 3 is 2.33 bits per heavy atom. The summed E-state index contributed by atoms with van der Waals surface area (Å²) in [6.45, 7) is 6.62. The molecule has 2 N–H and O–H groups in total. The van der Waals surface area contributed by atoms with Gasteiger partial charge in [0.25, 0.3) is 0 Å². The van der Waals surface area contributed by atoms with Crippen molar-refractivity contribution < 1.29 is 14.7 Å². The third-order valence-electron chi connectivity index (χ3n) is 2.98. The van der Waals surface area contributed by atoms with Crippen LogP contribution in [-0.2, 0) is 23.1 Å². The Labute approximate surface area is 106 Å². The molecule has 0 aliphatic heterocycles. The summed E-state index contributed by atoms with van der Waals surface area (Å²) in [6, 6.07) is 0. The molecule has 1 heterocycles. The second-order valence-corrected chi connectivity index (χ2v) is 4.93. The van der Waals surface area contributed by atoms with Crippen LogP contribution >= 0.6 is 0 Å². The lowest BCUT2D eigenvalue weighted by Gasteiger charge is -2.20. The fourth-order valence-electron chi connectivity index (χ4n) is 1.68. The van der Waals surface area contributed by atoms with Gasteiger partial charge in [-0.15, -0.1) is 0 Å². The Morgan fingerprint density at radius 1 is 1.39 bits per heavy atom. The summed E-state index contributed by atoms with van der Waals surface area (Å²) in [5.74, 6) is -1.38. The highest BCUT2D eigenvalue weighted by molar-refractivity contribution is 5.87. The highest BCUT2D eigenvalue weighted by atomic mass is 16.4. The van der Waals surface area contributed by atoms with Crippen molar-refractivity contribution in [2.24, 2.45) is 7.05 Å². The summed E-state index contributed by atoms with van der Waals surface area (Å²) in [4.78, 5) is 22.8. The van der Waals surface area contributed by atoms with Gasteiger partial charge in [-0.25, -0.2) is 4.79 Å². The number of nitrogens with zero attached hydrogens (tertiary/aromatic N) is 2. The van der Waals surface area contributed by atoms with Crippen LogP contribution in [0, 0.1) is 13.8 Å². The Hall–Kier alpha value is -1.85. The number of hydrogen-bond donors (Lipinski definition) is 2. The molecule has 0 spiro atoms. The minimum atomic E-state index is -1.26. The van der Waals surface area contributed by atoms with Crippen molar-refractivity contribution in [1.82, 2.24) is 15.1 Å². The Kier molecular flexibility index (Phi) is 3.79. The third-order valence-corrected chi connectivity index (χ3v) is 2.98. The smallest absolute Gasteiger partial charge is 0.328 e. The molecular formula is C12H19N3O3. The number of carbonyl (C=O) groups is 2. The van der Waals surface area contributed by atoms with Gasteiger partial charge in [0, 0.05) is 18.3 Å². The average Bonchev–Trinajstić information content (AvgIpc) is 2.44. The zero-order valence-electron chi connectivity index (χ0n) is 11.4.